The van der Waals surface area contributed by atoms with Crippen LogP contribution >= 0.6 is 11.3 Å². The number of nitrogens with zero attached hydrogens (tertiary/aromatic N) is 6. The van der Waals surface area contributed by atoms with E-state index < -0.39 is 0 Å². The van der Waals surface area contributed by atoms with Crippen molar-refractivity contribution in [3.05, 3.63) is 88.4 Å². The van der Waals surface area contributed by atoms with Gasteiger partial charge in [0.05, 0.1) is 7.11 Å². The first-order valence-electron chi connectivity index (χ1n) is 11.3. The van der Waals surface area contributed by atoms with Gasteiger partial charge in [-0.05, 0) is 58.1 Å². The summed E-state index contributed by atoms with van der Waals surface area (Å²) in [4.78, 5) is 6.22. The van der Waals surface area contributed by atoms with Gasteiger partial charge in [-0.1, -0.05) is 36.4 Å². The first-order chi connectivity index (χ1) is 16.3. The molecule has 3 heterocycles. The largest absolute Gasteiger partial charge is 0.497 e. The summed E-state index contributed by atoms with van der Waals surface area (Å²) in [7, 11) is 1.70. The molecule has 0 bridgehead atoms. The molecule has 0 saturated carbocycles. The summed E-state index contributed by atoms with van der Waals surface area (Å²) >= 11 is 1.77. The van der Waals surface area contributed by atoms with Crippen LogP contribution in [0.2, 0.25) is 0 Å². The summed E-state index contributed by atoms with van der Waals surface area (Å²) in [6, 6.07) is 23.2. The van der Waals surface area contributed by atoms with Gasteiger partial charge in [0.2, 0.25) is 0 Å². The van der Waals surface area contributed by atoms with Crippen LogP contribution in [0.15, 0.2) is 72.1 Å². The molecule has 1 aliphatic heterocycles. The van der Waals surface area contributed by atoms with Crippen molar-refractivity contribution in [2.24, 2.45) is 0 Å². The lowest BCUT2D eigenvalue weighted by Gasteiger charge is -2.39. The second kappa shape index (κ2) is 10.1. The molecule has 1 aliphatic rings. The van der Waals surface area contributed by atoms with E-state index in [1.54, 1.807) is 18.4 Å². The molecule has 0 amide bonds. The Morgan fingerprint density at radius 3 is 2.42 bits per heavy atom. The molecule has 1 saturated heterocycles. The zero-order valence-corrected chi connectivity index (χ0v) is 19.6. The second-order valence-corrected chi connectivity index (χ2v) is 9.11. The minimum Gasteiger partial charge on any atom is -0.497 e. The number of tetrazole rings is 1. The molecule has 0 aliphatic carbocycles. The molecule has 0 N–H and O–H groups in total. The van der Waals surface area contributed by atoms with Gasteiger partial charge in [0, 0.05) is 43.3 Å². The van der Waals surface area contributed by atoms with Gasteiger partial charge in [0.15, 0.2) is 5.82 Å². The summed E-state index contributed by atoms with van der Waals surface area (Å²) in [6.07, 6.45) is 0.904. The number of aromatic nitrogens is 4. The smallest absolute Gasteiger partial charge is 0.173 e. The standard InChI is InChI=1S/C25H28N6OS/c1-32-22-11-9-21(10-12-22)29-15-17-30(18-16-29)24(23-8-5-19-33-23)25-26-27-28-31(25)14-13-20-6-3-2-4-7-20/h2-12,19,24H,13-18H2,1H3/t24-/m1/s1. The molecule has 2 aromatic carbocycles. The van der Waals surface area contributed by atoms with Crippen molar-refractivity contribution in [2.45, 2.75) is 19.0 Å². The maximum atomic E-state index is 5.30. The Morgan fingerprint density at radius 1 is 0.939 bits per heavy atom. The lowest BCUT2D eigenvalue weighted by molar-refractivity contribution is 0.203. The van der Waals surface area contributed by atoms with Crippen molar-refractivity contribution < 1.29 is 4.74 Å². The molecule has 5 rings (SSSR count). The molecule has 170 valence electrons. The van der Waals surface area contributed by atoms with Gasteiger partial charge in [0.1, 0.15) is 11.8 Å². The van der Waals surface area contributed by atoms with E-state index in [1.807, 2.05) is 22.9 Å². The fraction of sp³-hybridized carbons (Fsp3) is 0.320. The quantitative estimate of drug-likeness (QED) is 0.398. The predicted octanol–water partition coefficient (Wildman–Crippen LogP) is 3.90. The van der Waals surface area contributed by atoms with E-state index in [0.717, 1.165) is 50.7 Å². The molecule has 1 fully saturated rings. The number of thiophene rings is 1. The number of piperazine rings is 1. The molecule has 4 aromatic rings. The summed E-state index contributed by atoms with van der Waals surface area (Å²) in [5.41, 5.74) is 2.52. The first-order valence-corrected chi connectivity index (χ1v) is 12.2. The van der Waals surface area contributed by atoms with Crippen molar-refractivity contribution in [3.8, 4) is 5.75 Å². The van der Waals surface area contributed by atoms with Crippen LogP contribution in [0.1, 0.15) is 22.3 Å². The summed E-state index contributed by atoms with van der Waals surface area (Å²) in [5, 5.41) is 15.0. The van der Waals surface area contributed by atoms with Crippen LogP contribution in [0, 0.1) is 0 Å². The Hall–Kier alpha value is -3.23. The van der Waals surface area contributed by atoms with Crippen LogP contribution < -0.4 is 9.64 Å². The number of hydrogen-bond donors (Lipinski definition) is 0. The van der Waals surface area contributed by atoms with E-state index in [-0.39, 0.29) is 6.04 Å². The highest BCUT2D eigenvalue weighted by Crippen LogP contribution is 2.32. The van der Waals surface area contributed by atoms with E-state index in [4.69, 9.17) is 4.74 Å². The fourth-order valence-corrected chi connectivity index (χ4v) is 5.25. The van der Waals surface area contributed by atoms with E-state index in [9.17, 15) is 0 Å². The maximum absolute atomic E-state index is 5.30. The number of ether oxygens (including phenoxy) is 1. The van der Waals surface area contributed by atoms with E-state index >= 15 is 0 Å². The number of aryl methyl sites for hydroxylation is 2. The molecular weight excluding hydrogens is 432 g/mol. The first kappa shape index (κ1) is 21.6. The molecule has 0 radical (unpaired) electrons. The second-order valence-electron chi connectivity index (χ2n) is 8.13. The molecule has 33 heavy (non-hydrogen) atoms. The Morgan fingerprint density at radius 2 is 1.73 bits per heavy atom. The van der Waals surface area contributed by atoms with Gasteiger partial charge in [-0.15, -0.1) is 16.4 Å². The van der Waals surface area contributed by atoms with Crippen LogP contribution in [-0.2, 0) is 13.0 Å². The number of anilines is 1. The molecule has 7 nitrogen and oxygen atoms in total. The Labute approximate surface area is 198 Å². The van der Waals surface area contributed by atoms with Crippen molar-refractivity contribution in [2.75, 3.05) is 38.2 Å². The highest BCUT2D eigenvalue weighted by atomic mass is 32.1. The summed E-state index contributed by atoms with van der Waals surface area (Å²) in [5.74, 6) is 1.81. The highest BCUT2D eigenvalue weighted by Gasteiger charge is 2.31. The zero-order valence-electron chi connectivity index (χ0n) is 18.7. The minimum atomic E-state index is 0.0637. The lowest BCUT2D eigenvalue weighted by atomic mass is 10.1. The number of benzene rings is 2. The summed E-state index contributed by atoms with van der Waals surface area (Å²) in [6.45, 7) is 4.57. The fourth-order valence-electron chi connectivity index (χ4n) is 4.40. The molecular formula is C25H28N6OS. The average molecular weight is 461 g/mol. The molecule has 0 unspecified atom stereocenters. The molecule has 2 aromatic heterocycles. The van der Waals surface area contributed by atoms with Crippen LogP contribution in [0.4, 0.5) is 5.69 Å². The van der Waals surface area contributed by atoms with Crippen LogP contribution in [0.3, 0.4) is 0 Å². The van der Waals surface area contributed by atoms with E-state index in [0.29, 0.717) is 0 Å². The van der Waals surface area contributed by atoms with Crippen molar-refractivity contribution >= 4 is 17.0 Å². The predicted molar refractivity (Wildman–Crippen MR) is 131 cm³/mol. The van der Waals surface area contributed by atoms with Crippen LogP contribution in [0.5, 0.6) is 5.75 Å². The van der Waals surface area contributed by atoms with E-state index in [2.05, 4.69) is 79.2 Å². The third-order valence-corrected chi connectivity index (χ3v) is 7.11. The Balaban J connectivity index is 1.32. The van der Waals surface area contributed by atoms with Crippen molar-refractivity contribution in [3.63, 3.8) is 0 Å². The Bertz CT molecular complexity index is 1120. The topological polar surface area (TPSA) is 59.3 Å². The highest BCUT2D eigenvalue weighted by molar-refractivity contribution is 7.10. The number of hydrogen-bond acceptors (Lipinski definition) is 7. The van der Waals surface area contributed by atoms with Gasteiger partial charge in [-0.3, -0.25) is 4.90 Å². The normalized spacial score (nSPS) is 15.5. The average Bonchev–Trinajstić information content (AvgIpc) is 3.57. The van der Waals surface area contributed by atoms with Crippen LogP contribution in [0.25, 0.3) is 0 Å². The zero-order chi connectivity index (χ0) is 22.5. The summed E-state index contributed by atoms with van der Waals surface area (Å²) < 4.78 is 7.28. The van der Waals surface area contributed by atoms with Gasteiger partial charge < -0.3 is 9.64 Å². The van der Waals surface area contributed by atoms with Gasteiger partial charge in [-0.25, -0.2) is 4.68 Å². The third-order valence-electron chi connectivity index (χ3n) is 6.19. The number of rotatable bonds is 8. The van der Waals surface area contributed by atoms with Gasteiger partial charge >= 0.3 is 0 Å². The monoisotopic (exact) mass is 460 g/mol. The minimum absolute atomic E-state index is 0.0637. The Kier molecular flexibility index (Phi) is 6.64. The molecule has 1 atom stereocenters. The molecule has 8 heteroatoms. The van der Waals surface area contributed by atoms with Crippen LogP contribution in [-0.4, -0.2) is 58.4 Å². The van der Waals surface area contributed by atoms with Crippen molar-refractivity contribution in [1.82, 2.24) is 25.1 Å². The lowest BCUT2D eigenvalue weighted by Crippen LogP contribution is -2.48. The third kappa shape index (κ3) is 4.91. The number of methoxy groups -OCH3 is 1. The molecule has 0 spiro atoms. The maximum Gasteiger partial charge on any atom is 0.173 e. The van der Waals surface area contributed by atoms with Gasteiger partial charge in [-0.2, -0.15) is 0 Å². The SMILES string of the molecule is COc1ccc(N2CCN([C@H](c3cccs3)c3nnnn3CCc3ccccc3)CC2)cc1. The van der Waals surface area contributed by atoms with Crippen molar-refractivity contribution in [1.29, 1.82) is 0 Å². The van der Waals surface area contributed by atoms with E-state index in [1.165, 1.54) is 16.1 Å². The van der Waals surface area contributed by atoms with Gasteiger partial charge in [0.25, 0.3) is 0 Å².